The van der Waals surface area contributed by atoms with Gasteiger partial charge in [-0.2, -0.15) is 4.31 Å². The van der Waals surface area contributed by atoms with Crippen molar-refractivity contribution in [2.24, 2.45) is 0 Å². The molecule has 1 aliphatic rings. The molecule has 1 atom stereocenters. The summed E-state index contributed by atoms with van der Waals surface area (Å²) in [5.74, 6) is 0.733. The van der Waals surface area contributed by atoms with Crippen LogP contribution in [0.4, 0.5) is 0 Å². The van der Waals surface area contributed by atoms with E-state index in [4.69, 9.17) is 4.74 Å². The second-order valence-corrected chi connectivity index (χ2v) is 7.62. The maximum Gasteiger partial charge on any atom is 0.243 e. The first-order valence-electron chi connectivity index (χ1n) is 7.59. The SMILES string of the molecule is CCC1CCCCN1S(=O)(=O)c1cc(C)c(OC)cc1C. The van der Waals surface area contributed by atoms with Crippen molar-refractivity contribution in [3.05, 3.63) is 23.3 Å². The Morgan fingerprint density at radius 3 is 2.57 bits per heavy atom. The molecule has 0 aliphatic carbocycles. The lowest BCUT2D eigenvalue weighted by Gasteiger charge is -2.34. The molecule has 0 radical (unpaired) electrons. The second-order valence-electron chi connectivity index (χ2n) is 5.76. The van der Waals surface area contributed by atoms with Crippen LogP contribution in [0.3, 0.4) is 0 Å². The highest BCUT2D eigenvalue weighted by molar-refractivity contribution is 7.89. The van der Waals surface area contributed by atoms with Gasteiger partial charge in [0.25, 0.3) is 0 Å². The van der Waals surface area contributed by atoms with Gasteiger partial charge < -0.3 is 4.74 Å². The third-order valence-corrected chi connectivity index (χ3v) is 6.42. The molecule has 0 spiro atoms. The molecule has 1 heterocycles. The maximum absolute atomic E-state index is 13.0. The van der Waals surface area contributed by atoms with E-state index in [9.17, 15) is 8.42 Å². The standard InChI is InChI=1S/C16H25NO3S/c1-5-14-8-6-7-9-17(14)21(18,19)16-11-12(2)15(20-4)10-13(16)3/h10-11,14H,5-9H2,1-4H3. The normalized spacial score (nSPS) is 20.5. The van der Waals surface area contributed by atoms with Gasteiger partial charge in [-0.1, -0.05) is 13.3 Å². The Morgan fingerprint density at radius 2 is 1.95 bits per heavy atom. The average Bonchev–Trinajstić information content (AvgIpc) is 2.48. The smallest absolute Gasteiger partial charge is 0.243 e. The Hall–Kier alpha value is -1.07. The molecule has 1 aromatic rings. The molecule has 2 rings (SSSR count). The summed E-state index contributed by atoms with van der Waals surface area (Å²) in [6.07, 6.45) is 3.90. The molecular weight excluding hydrogens is 286 g/mol. The lowest BCUT2D eigenvalue weighted by Crippen LogP contribution is -2.43. The van der Waals surface area contributed by atoms with Gasteiger partial charge in [-0.3, -0.25) is 0 Å². The van der Waals surface area contributed by atoms with E-state index in [1.807, 2.05) is 19.9 Å². The number of sulfonamides is 1. The Balaban J connectivity index is 2.46. The van der Waals surface area contributed by atoms with Gasteiger partial charge in [-0.15, -0.1) is 0 Å². The summed E-state index contributed by atoms with van der Waals surface area (Å²) in [5, 5.41) is 0. The molecular formula is C16H25NO3S. The molecule has 21 heavy (non-hydrogen) atoms. The fourth-order valence-corrected chi connectivity index (χ4v) is 5.15. The van der Waals surface area contributed by atoms with Crippen LogP contribution in [0.1, 0.15) is 43.7 Å². The Morgan fingerprint density at radius 1 is 1.24 bits per heavy atom. The van der Waals surface area contributed by atoms with Crippen molar-refractivity contribution in [3.63, 3.8) is 0 Å². The summed E-state index contributed by atoms with van der Waals surface area (Å²) in [7, 11) is -1.82. The van der Waals surface area contributed by atoms with Crippen molar-refractivity contribution in [3.8, 4) is 5.75 Å². The second kappa shape index (κ2) is 6.36. The monoisotopic (exact) mass is 311 g/mol. The van der Waals surface area contributed by atoms with Crippen LogP contribution in [-0.4, -0.2) is 32.4 Å². The van der Waals surface area contributed by atoms with Crippen LogP contribution >= 0.6 is 0 Å². The van der Waals surface area contributed by atoms with Gasteiger partial charge >= 0.3 is 0 Å². The highest BCUT2D eigenvalue weighted by Crippen LogP contribution is 2.31. The van der Waals surface area contributed by atoms with Crippen LogP contribution in [0.2, 0.25) is 0 Å². The van der Waals surface area contributed by atoms with Gasteiger partial charge in [0.15, 0.2) is 0 Å². The molecule has 0 N–H and O–H groups in total. The average molecular weight is 311 g/mol. The van der Waals surface area contributed by atoms with Gasteiger partial charge in [-0.05, 0) is 56.4 Å². The number of hydrogen-bond acceptors (Lipinski definition) is 3. The molecule has 0 bridgehead atoms. The fraction of sp³-hybridized carbons (Fsp3) is 0.625. The Bertz CT molecular complexity index is 610. The summed E-state index contributed by atoms with van der Waals surface area (Å²) in [6, 6.07) is 3.68. The molecule has 1 saturated heterocycles. The van der Waals surface area contributed by atoms with Crippen molar-refractivity contribution in [1.82, 2.24) is 4.31 Å². The topological polar surface area (TPSA) is 46.6 Å². The lowest BCUT2D eigenvalue weighted by atomic mass is 10.0. The van der Waals surface area contributed by atoms with Crippen molar-refractivity contribution < 1.29 is 13.2 Å². The van der Waals surface area contributed by atoms with Crippen molar-refractivity contribution in [1.29, 1.82) is 0 Å². The molecule has 0 amide bonds. The number of ether oxygens (including phenoxy) is 1. The molecule has 4 nitrogen and oxygen atoms in total. The van der Waals surface area contributed by atoms with Gasteiger partial charge in [0.1, 0.15) is 5.75 Å². The van der Waals surface area contributed by atoms with E-state index < -0.39 is 10.0 Å². The first-order valence-corrected chi connectivity index (χ1v) is 9.03. The molecule has 1 fully saturated rings. The summed E-state index contributed by atoms with van der Waals surface area (Å²) < 4.78 is 33.0. The number of piperidine rings is 1. The highest BCUT2D eigenvalue weighted by Gasteiger charge is 2.33. The van der Waals surface area contributed by atoms with Crippen LogP contribution in [0, 0.1) is 13.8 Å². The van der Waals surface area contributed by atoms with Crippen molar-refractivity contribution in [2.45, 2.75) is 57.4 Å². The maximum atomic E-state index is 13.0. The molecule has 118 valence electrons. The summed E-state index contributed by atoms with van der Waals surface area (Å²) in [6.45, 7) is 6.40. The van der Waals surface area contributed by atoms with Crippen LogP contribution < -0.4 is 4.74 Å². The number of methoxy groups -OCH3 is 1. The largest absolute Gasteiger partial charge is 0.496 e. The number of rotatable bonds is 4. The zero-order valence-corrected chi connectivity index (χ0v) is 14.2. The first kappa shape index (κ1) is 16.3. The van der Waals surface area contributed by atoms with Crippen LogP contribution in [0.15, 0.2) is 17.0 Å². The van der Waals surface area contributed by atoms with Gasteiger partial charge in [-0.25, -0.2) is 8.42 Å². The van der Waals surface area contributed by atoms with E-state index in [1.165, 1.54) is 0 Å². The molecule has 1 unspecified atom stereocenters. The zero-order valence-electron chi connectivity index (χ0n) is 13.3. The van der Waals surface area contributed by atoms with Crippen molar-refractivity contribution >= 4 is 10.0 Å². The fourth-order valence-electron chi connectivity index (χ4n) is 3.09. The third kappa shape index (κ3) is 3.09. The van der Waals surface area contributed by atoms with E-state index in [2.05, 4.69) is 6.92 Å². The van der Waals surface area contributed by atoms with E-state index in [1.54, 1.807) is 17.5 Å². The number of nitrogens with zero attached hydrogens (tertiary/aromatic N) is 1. The number of hydrogen-bond donors (Lipinski definition) is 0. The Kier molecular flexibility index (Phi) is 4.94. The van der Waals surface area contributed by atoms with Crippen LogP contribution in [0.5, 0.6) is 5.75 Å². The lowest BCUT2D eigenvalue weighted by molar-refractivity contribution is 0.246. The van der Waals surface area contributed by atoms with Crippen molar-refractivity contribution in [2.75, 3.05) is 13.7 Å². The minimum absolute atomic E-state index is 0.130. The molecule has 5 heteroatoms. The molecule has 0 saturated carbocycles. The van der Waals surface area contributed by atoms with E-state index in [0.29, 0.717) is 11.4 Å². The predicted octanol–water partition coefficient (Wildman–Crippen LogP) is 3.27. The van der Waals surface area contributed by atoms with Gasteiger partial charge in [0, 0.05) is 12.6 Å². The van der Waals surface area contributed by atoms with Crippen LogP contribution in [0.25, 0.3) is 0 Å². The third-order valence-electron chi connectivity index (χ3n) is 4.32. The van der Waals surface area contributed by atoms with E-state index in [-0.39, 0.29) is 6.04 Å². The molecule has 1 aromatic carbocycles. The molecule has 1 aliphatic heterocycles. The number of benzene rings is 1. The zero-order chi connectivity index (χ0) is 15.6. The minimum atomic E-state index is -3.42. The van der Waals surface area contributed by atoms with E-state index >= 15 is 0 Å². The van der Waals surface area contributed by atoms with Gasteiger partial charge in [0.05, 0.1) is 12.0 Å². The minimum Gasteiger partial charge on any atom is -0.496 e. The molecule has 0 aromatic heterocycles. The Labute approximate surface area is 128 Å². The highest BCUT2D eigenvalue weighted by atomic mass is 32.2. The summed E-state index contributed by atoms with van der Waals surface area (Å²) >= 11 is 0. The summed E-state index contributed by atoms with van der Waals surface area (Å²) in [4.78, 5) is 0.418. The van der Waals surface area contributed by atoms with E-state index in [0.717, 1.165) is 42.6 Å². The quantitative estimate of drug-likeness (QED) is 0.857. The van der Waals surface area contributed by atoms with Gasteiger partial charge in [0.2, 0.25) is 10.0 Å². The first-order chi connectivity index (χ1) is 9.91. The summed E-state index contributed by atoms with van der Waals surface area (Å²) in [5.41, 5.74) is 1.60. The van der Waals surface area contributed by atoms with Crippen LogP contribution in [-0.2, 0) is 10.0 Å². The number of aryl methyl sites for hydroxylation is 2. The predicted molar refractivity (Wildman–Crippen MR) is 84.3 cm³/mol.